The summed E-state index contributed by atoms with van der Waals surface area (Å²) in [5.41, 5.74) is 1.76. The lowest BCUT2D eigenvalue weighted by molar-refractivity contribution is -0.126. The van der Waals surface area contributed by atoms with Crippen LogP contribution in [-0.2, 0) is 11.2 Å². The second-order valence-corrected chi connectivity index (χ2v) is 6.24. The van der Waals surface area contributed by atoms with Crippen LogP contribution in [-0.4, -0.2) is 49.2 Å². The molecule has 1 heterocycles. The Morgan fingerprint density at radius 2 is 1.92 bits per heavy atom. The summed E-state index contributed by atoms with van der Waals surface area (Å²) in [6.07, 6.45) is -0.0726. The molecule has 0 aliphatic carbocycles. The van der Waals surface area contributed by atoms with Gasteiger partial charge in [-0.05, 0) is 31.8 Å². The SMILES string of the molecule is CN(C)CCN1C(=O)C(Cc2ccccc2)Oc2cc(O)ccc21. The molecule has 0 spiro atoms. The van der Waals surface area contributed by atoms with Crippen LogP contribution in [0.1, 0.15) is 5.56 Å². The normalized spacial score (nSPS) is 16.9. The van der Waals surface area contributed by atoms with Gasteiger partial charge >= 0.3 is 0 Å². The van der Waals surface area contributed by atoms with Crippen molar-refractivity contribution in [2.75, 3.05) is 32.1 Å². The summed E-state index contributed by atoms with van der Waals surface area (Å²) in [7, 11) is 3.95. The van der Waals surface area contributed by atoms with Crippen molar-refractivity contribution in [1.82, 2.24) is 4.90 Å². The largest absolute Gasteiger partial charge is 0.508 e. The highest BCUT2D eigenvalue weighted by atomic mass is 16.5. The van der Waals surface area contributed by atoms with Gasteiger partial charge in [0.1, 0.15) is 11.5 Å². The number of carbonyl (C=O) groups is 1. The lowest BCUT2D eigenvalue weighted by atomic mass is 10.0. The number of rotatable bonds is 5. The van der Waals surface area contributed by atoms with Gasteiger partial charge in [-0.25, -0.2) is 0 Å². The number of phenolic OH excluding ortho intramolecular Hbond substituents is 1. The molecule has 2 aromatic rings. The Morgan fingerprint density at radius 3 is 2.62 bits per heavy atom. The number of ether oxygens (including phenoxy) is 1. The molecule has 0 saturated heterocycles. The van der Waals surface area contributed by atoms with Crippen molar-refractivity contribution >= 4 is 11.6 Å². The van der Waals surface area contributed by atoms with E-state index < -0.39 is 6.10 Å². The molecule has 0 radical (unpaired) electrons. The Balaban J connectivity index is 1.88. The molecule has 1 atom stereocenters. The van der Waals surface area contributed by atoms with Crippen LogP contribution in [0.5, 0.6) is 11.5 Å². The number of likely N-dealkylation sites (N-methyl/N-ethyl adjacent to an activating group) is 1. The van der Waals surface area contributed by atoms with Crippen molar-refractivity contribution in [3.05, 3.63) is 54.1 Å². The van der Waals surface area contributed by atoms with Crippen molar-refractivity contribution in [2.24, 2.45) is 0 Å². The molecule has 1 amide bonds. The lowest BCUT2D eigenvalue weighted by Crippen LogP contribution is -2.49. The molecule has 5 nitrogen and oxygen atoms in total. The van der Waals surface area contributed by atoms with Gasteiger partial charge in [-0.2, -0.15) is 0 Å². The lowest BCUT2D eigenvalue weighted by Gasteiger charge is -2.35. The minimum Gasteiger partial charge on any atom is -0.508 e. The maximum absolute atomic E-state index is 12.9. The van der Waals surface area contributed by atoms with E-state index in [1.54, 1.807) is 23.1 Å². The third kappa shape index (κ3) is 3.51. The fourth-order valence-electron chi connectivity index (χ4n) is 2.80. The topological polar surface area (TPSA) is 53.0 Å². The van der Waals surface area contributed by atoms with Crippen LogP contribution < -0.4 is 9.64 Å². The number of amides is 1. The first-order chi connectivity index (χ1) is 11.5. The Morgan fingerprint density at radius 1 is 1.17 bits per heavy atom. The minimum absolute atomic E-state index is 0.0427. The van der Waals surface area contributed by atoms with E-state index in [2.05, 4.69) is 0 Å². The number of hydrogen-bond donors (Lipinski definition) is 1. The van der Waals surface area contributed by atoms with Crippen LogP contribution in [0.2, 0.25) is 0 Å². The Kier molecular flexibility index (Phi) is 4.71. The summed E-state index contributed by atoms with van der Waals surface area (Å²) in [5, 5.41) is 9.74. The zero-order valence-corrected chi connectivity index (χ0v) is 14.0. The number of hydrogen-bond acceptors (Lipinski definition) is 4. The first-order valence-electron chi connectivity index (χ1n) is 8.04. The van der Waals surface area contributed by atoms with E-state index in [0.29, 0.717) is 24.4 Å². The number of fused-ring (bicyclic) bond motifs is 1. The summed E-state index contributed by atoms with van der Waals surface area (Å²) >= 11 is 0. The highest BCUT2D eigenvalue weighted by Gasteiger charge is 2.34. The average molecular weight is 326 g/mol. The van der Waals surface area contributed by atoms with Gasteiger partial charge in [-0.15, -0.1) is 0 Å². The van der Waals surface area contributed by atoms with Crippen molar-refractivity contribution in [3.8, 4) is 11.5 Å². The Hall–Kier alpha value is -2.53. The smallest absolute Gasteiger partial charge is 0.268 e. The molecular weight excluding hydrogens is 304 g/mol. The van der Waals surface area contributed by atoms with E-state index in [-0.39, 0.29) is 11.7 Å². The molecule has 1 unspecified atom stereocenters. The Labute approximate surface area is 142 Å². The monoisotopic (exact) mass is 326 g/mol. The molecule has 0 saturated carbocycles. The first-order valence-corrected chi connectivity index (χ1v) is 8.04. The molecule has 5 heteroatoms. The van der Waals surface area contributed by atoms with Crippen LogP contribution in [0, 0.1) is 0 Å². The number of carbonyl (C=O) groups excluding carboxylic acids is 1. The van der Waals surface area contributed by atoms with Gasteiger partial charge in [0.2, 0.25) is 0 Å². The van der Waals surface area contributed by atoms with Gasteiger partial charge in [0.15, 0.2) is 6.10 Å². The molecule has 1 N–H and O–H groups in total. The molecule has 3 rings (SSSR count). The summed E-state index contributed by atoms with van der Waals surface area (Å²) in [6.45, 7) is 1.34. The van der Waals surface area contributed by atoms with Gasteiger partial charge in [0.25, 0.3) is 5.91 Å². The number of phenols is 1. The molecule has 126 valence electrons. The standard InChI is InChI=1S/C19H22N2O3/c1-20(2)10-11-21-16-9-8-15(22)13-17(16)24-18(19(21)23)12-14-6-4-3-5-7-14/h3-9,13,18,22H,10-12H2,1-2H3. The summed E-state index contributed by atoms with van der Waals surface area (Å²) in [5.74, 6) is 0.641. The summed E-state index contributed by atoms with van der Waals surface area (Å²) < 4.78 is 5.90. The van der Waals surface area contributed by atoms with E-state index in [4.69, 9.17) is 4.74 Å². The van der Waals surface area contributed by atoms with Crippen molar-refractivity contribution < 1.29 is 14.6 Å². The predicted molar refractivity (Wildman–Crippen MR) is 93.6 cm³/mol. The van der Waals surface area contributed by atoms with Crippen molar-refractivity contribution in [3.63, 3.8) is 0 Å². The molecule has 0 aromatic heterocycles. The van der Waals surface area contributed by atoms with E-state index in [0.717, 1.165) is 12.1 Å². The molecule has 1 aliphatic rings. The van der Waals surface area contributed by atoms with Gasteiger partial charge in [-0.3, -0.25) is 4.79 Å². The highest BCUT2D eigenvalue weighted by molar-refractivity contribution is 6.00. The minimum atomic E-state index is -0.580. The maximum Gasteiger partial charge on any atom is 0.268 e. The summed E-state index contributed by atoms with van der Waals surface area (Å²) in [6, 6.07) is 14.7. The second-order valence-electron chi connectivity index (χ2n) is 6.24. The molecule has 0 bridgehead atoms. The number of nitrogens with zero attached hydrogens (tertiary/aromatic N) is 2. The Bertz CT molecular complexity index is 716. The average Bonchev–Trinajstić information content (AvgIpc) is 2.56. The zero-order chi connectivity index (χ0) is 17.1. The summed E-state index contributed by atoms with van der Waals surface area (Å²) in [4.78, 5) is 16.7. The third-order valence-corrected chi connectivity index (χ3v) is 4.08. The molecule has 2 aromatic carbocycles. The van der Waals surface area contributed by atoms with Crippen LogP contribution in [0.15, 0.2) is 48.5 Å². The maximum atomic E-state index is 12.9. The zero-order valence-electron chi connectivity index (χ0n) is 14.0. The van der Waals surface area contributed by atoms with E-state index in [1.165, 1.54) is 0 Å². The molecule has 1 aliphatic heterocycles. The quantitative estimate of drug-likeness (QED) is 0.916. The van der Waals surface area contributed by atoms with Gasteiger partial charge in [-0.1, -0.05) is 30.3 Å². The van der Waals surface area contributed by atoms with Gasteiger partial charge in [0, 0.05) is 25.6 Å². The van der Waals surface area contributed by atoms with Crippen LogP contribution in [0.25, 0.3) is 0 Å². The fraction of sp³-hybridized carbons (Fsp3) is 0.316. The number of anilines is 1. The first kappa shape index (κ1) is 16.3. The van der Waals surface area contributed by atoms with Crippen LogP contribution >= 0.6 is 0 Å². The second kappa shape index (κ2) is 6.93. The highest BCUT2D eigenvalue weighted by Crippen LogP contribution is 2.37. The van der Waals surface area contributed by atoms with Gasteiger partial charge < -0.3 is 19.6 Å². The molecule has 24 heavy (non-hydrogen) atoms. The fourth-order valence-corrected chi connectivity index (χ4v) is 2.80. The molecule has 0 fully saturated rings. The number of aromatic hydroxyl groups is 1. The van der Waals surface area contributed by atoms with Crippen molar-refractivity contribution in [1.29, 1.82) is 0 Å². The number of benzene rings is 2. The van der Waals surface area contributed by atoms with E-state index in [1.807, 2.05) is 49.3 Å². The third-order valence-electron chi connectivity index (χ3n) is 4.08. The predicted octanol–water partition coefficient (Wildman–Crippen LogP) is 2.29. The van der Waals surface area contributed by atoms with E-state index >= 15 is 0 Å². The molecular formula is C19H22N2O3. The van der Waals surface area contributed by atoms with Crippen molar-refractivity contribution in [2.45, 2.75) is 12.5 Å². The van der Waals surface area contributed by atoms with E-state index in [9.17, 15) is 9.90 Å². The van der Waals surface area contributed by atoms with Crippen LogP contribution in [0.4, 0.5) is 5.69 Å². The van der Waals surface area contributed by atoms with Gasteiger partial charge in [0.05, 0.1) is 5.69 Å². The van der Waals surface area contributed by atoms with Crippen LogP contribution in [0.3, 0.4) is 0 Å².